The predicted octanol–water partition coefficient (Wildman–Crippen LogP) is 1.16. The zero-order valence-electron chi connectivity index (χ0n) is 6.66. The topological polar surface area (TPSA) is 73.3 Å². The Bertz CT molecular complexity index is 379. The molecule has 64 valence electrons. The number of nitrogens with zero attached hydrogens (tertiary/aromatic N) is 1. The molecule has 0 N–H and O–H groups in total. The highest BCUT2D eigenvalue weighted by Crippen LogP contribution is 2.10. The quantitative estimate of drug-likeness (QED) is 0.467. The van der Waals surface area contributed by atoms with Crippen LogP contribution in [0.4, 0.5) is 5.69 Å². The van der Waals surface area contributed by atoms with Crippen LogP contribution >= 0.6 is 0 Å². The van der Waals surface area contributed by atoms with Crippen molar-refractivity contribution in [3.63, 3.8) is 0 Å². The lowest BCUT2D eigenvalue weighted by molar-refractivity contribution is -0.387. The molecule has 1 aromatic rings. The second-order valence-corrected chi connectivity index (χ2v) is 2.42. The Balaban J connectivity index is 3.43. The lowest BCUT2D eigenvalue weighted by Gasteiger charge is -1.95. The summed E-state index contributed by atoms with van der Waals surface area (Å²) >= 11 is 0. The van der Waals surface area contributed by atoms with E-state index in [0.717, 1.165) is 0 Å². The van der Waals surface area contributed by atoms with Gasteiger partial charge in [-0.25, -0.2) is 4.79 Å². The third-order valence-corrected chi connectivity index (χ3v) is 1.56. The number of hydrogen-bond donors (Lipinski definition) is 0. The van der Waals surface area contributed by atoms with Crippen molar-refractivity contribution in [3.8, 4) is 0 Å². The van der Waals surface area contributed by atoms with E-state index in [4.69, 9.17) is 0 Å². The summed E-state index contributed by atoms with van der Waals surface area (Å²) in [4.78, 5) is 20.3. The summed E-state index contributed by atoms with van der Waals surface area (Å²) in [5.74, 6) is 0.408. The standard InChI is InChI=1S/C7H7NO4/c1-4-3-6(8(10)11)7(9)12-5(4)2/h3H,1-2H3. The predicted molar refractivity (Wildman–Crippen MR) is 41.1 cm³/mol. The Morgan fingerprint density at radius 1 is 1.50 bits per heavy atom. The summed E-state index contributed by atoms with van der Waals surface area (Å²) in [6.07, 6.45) is 0. The van der Waals surface area contributed by atoms with Crippen molar-refractivity contribution in [1.29, 1.82) is 0 Å². The molecule has 0 amide bonds. The maximum absolute atomic E-state index is 10.8. The highest BCUT2D eigenvalue weighted by molar-refractivity contribution is 5.30. The molecular weight excluding hydrogens is 162 g/mol. The van der Waals surface area contributed by atoms with Crippen LogP contribution in [0.3, 0.4) is 0 Å². The van der Waals surface area contributed by atoms with Gasteiger partial charge in [0.15, 0.2) is 0 Å². The first-order valence-corrected chi connectivity index (χ1v) is 3.28. The molecule has 0 aliphatic rings. The molecule has 0 atom stereocenters. The lowest BCUT2D eigenvalue weighted by Crippen LogP contribution is -2.07. The lowest BCUT2D eigenvalue weighted by atomic mass is 10.2. The van der Waals surface area contributed by atoms with Gasteiger partial charge in [-0.1, -0.05) is 0 Å². The van der Waals surface area contributed by atoms with Gasteiger partial charge in [-0.05, 0) is 19.4 Å². The Morgan fingerprint density at radius 2 is 2.08 bits per heavy atom. The van der Waals surface area contributed by atoms with Gasteiger partial charge in [0, 0.05) is 6.07 Å². The third-order valence-electron chi connectivity index (χ3n) is 1.56. The molecule has 12 heavy (non-hydrogen) atoms. The van der Waals surface area contributed by atoms with Crippen LogP contribution in [0.15, 0.2) is 15.3 Å². The monoisotopic (exact) mass is 169 g/mol. The van der Waals surface area contributed by atoms with Crippen LogP contribution in [0.5, 0.6) is 0 Å². The maximum Gasteiger partial charge on any atom is 0.414 e. The fourth-order valence-electron chi connectivity index (χ4n) is 0.765. The first kappa shape index (κ1) is 8.45. The van der Waals surface area contributed by atoms with Gasteiger partial charge in [0.25, 0.3) is 0 Å². The number of aryl methyl sites for hydroxylation is 2. The second kappa shape index (κ2) is 2.77. The average Bonchev–Trinajstić information content (AvgIpc) is 1.96. The summed E-state index contributed by atoms with van der Waals surface area (Å²) in [7, 11) is 0. The number of rotatable bonds is 1. The van der Waals surface area contributed by atoms with Gasteiger partial charge < -0.3 is 4.42 Å². The van der Waals surface area contributed by atoms with Crippen molar-refractivity contribution in [2.24, 2.45) is 0 Å². The Hall–Kier alpha value is -1.65. The maximum atomic E-state index is 10.8. The molecule has 0 aromatic carbocycles. The van der Waals surface area contributed by atoms with Crippen LogP contribution in [-0.2, 0) is 0 Å². The van der Waals surface area contributed by atoms with Crippen LogP contribution in [0.1, 0.15) is 11.3 Å². The molecule has 0 aliphatic carbocycles. The molecule has 0 radical (unpaired) electrons. The average molecular weight is 169 g/mol. The summed E-state index contributed by atoms with van der Waals surface area (Å²) in [6.45, 7) is 3.23. The van der Waals surface area contributed by atoms with E-state index >= 15 is 0 Å². The minimum absolute atomic E-state index is 0.408. The van der Waals surface area contributed by atoms with E-state index in [0.29, 0.717) is 11.3 Å². The summed E-state index contributed by atoms with van der Waals surface area (Å²) in [5.41, 5.74) is -0.817. The largest absolute Gasteiger partial charge is 0.423 e. The molecule has 0 spiro atoms. The fourth-order valence-corrected chi connectivity index (χ4v) is 0.765. The van der Waals surface area contributed by atoms with E-state index in [1.165, 1.54) is 6.07 Å². The first-order valence-electron chi connectivity index (χ1n) is 3.28. The van der Waals surface area contributed by atoms with Gasteiger partial charge in [0.05, 0.1) is 4.92 Å². The van der Waals surface area contributed by atoms with Gasteiger partial charge in [-0.3, -0.25) is 10.1 Å². The number of nitro groups is 1. The van der Waals surface area contributed by atoms with Crippen LogP contribution in [0.2, 0.25) is 0 Å². The second-order valence-electron chi connectivity index (χ2n) is 2.42. The molecule has 1 rings (SSSR count). The zero-order valence-corrected chi connectivity index (χ0v) is 6.66. The van der Waals surface area contributed by atoms with Crippen molar-refractivity contribution in [1.82, 2.24) is 0 Å². The summed E-state index contributed by atoms with van der Waals surface area (Å²) in [6, 6.07) is 1.21. The summed E-state index contributed by atoms with van der Waals surface area (Å²) in [5, 5.41) is 10.2. The van der Waals surface area contributed by atoms with Gasteiger partial charge in [0.2, 0.25) is 0 Å². The Kier molecular flexibility index (Phi) is 1.95. The van der Waals surface area contributed by atoms with Gasteiger partial charge in [-0.15, -0.1) is 0 Å². The first-order chi connectivity index (χ1) is 5.52. The molecule has 0 aliphatic heterocycles. The molecule has 0 saturated heterocycles. The zero-order chi connectivity index (χ0) is 9.30. The van der Waals surface area contributed by atoms with Crippen molar-refractivity contribution >= 4 is 5.69 Å². The molecule has 1 heterocycles. The van der Waals surface area contributed by atoms with Crippen molar-refractivity contribution in [2.75, 3.05) is 0 Å². The molecule has 0 saturated carbocycles. The van der Waals surface area contributed by atoms with E-state index in [1.807, 2.05) is 0 Å². The molecule has 0 bridgehead atoms. The molecule has 5 nitrogen and oxygen atoms in total. The normalized spacial score (nSPS) is 9.83. The van der Waals surface area contributed by atoms with Gasteiger partial charge in [-0.2, -0.15) is 0 Å². The van der Waals surface area contributed by atoms with E-state index in [2.05, 4.69) is 4.42 Å². The van der Waals surface area contributed by atoms with E-state index < -0.39 is 16.2 Å². The van der Waals surface area contributed by atoms with Crippen molar-refractivity contribution < 1.29 is 9.34 Å². The van der Waals surface area contributed by atoms with E-state index in [1.54, 1.807) is 13.8 Å². The molecular formula is C7H7NO4. The van der Waals surface area contributed by atoms with Crippen LogP contribution < -0.4 is 5.63 Å². The Morgan fingerprint density at radius 3 is 2.58 bits per heavy atom. The van der Waals surface area contributed by atoms with Crippen molar-refractivity contribution in [2.45, 2.75) is 13.8 Å². The highest BCUT2D eigenvalue weighted by Gasteiger charge is 2.14. The number of hydrogen-bond acceptors (Lipinski definition) is 4. The molecule has 5 heteroatoms. The SMILES string of the molecule is Cc1cc([N+](=O)[O-])c(=O)oc1C. The fraction of sp³-hybridized carbons (Fsp3) is 0.286. The smallest absolute Gasteiger partial charge is 0.414 e. The third kappa shape index (κ3) is 1.34. The minimum Gasteiger partial charge on any atom is -0.423 e. The van der Waals surface area contributed by atoms with E-state index in [9.17, 15) is 14.9 Å². The van der Waals surface area contributed by atoms with Crippen LogP contribution in [0.25, 0.3) is 0 Å². The van der Waals surface area contributed by atoms with Gasteiger partial charge >= 0.3 is 11.3 Å². The van der Waals surface area contributed by atoms with Crippen LogP contribution in [-0.4, -0.2) is 4.92 Å². The molecule has 1 aromatic heterocycles. The van der Waals surface area contributed by atoms with Crippen LogP contribution in [0, 0.1) is 24.0 Å². The van der Waals surface area contributed by atoms with Gasteiger partial charge in [0.1, 0.15) is 5.76 Å². The summed E-state index contributed by atoms with van der Waals surface area (Å²) < 4.78 is 4.60. The minimum atomic E-state index is -0.900. The van der Waals surface area contributed by atoms with E-state index in [-0.39, 0.29) is 0 Å². The molecule has 0 fully saturated rings. The Labute approximate surface area is 67.8 Å². The highest BCUT2D eigenvalue weighted by atomic mass is 16.6. The molecule has 0 unspecified atom stereocenters. The van der Waals surface area contributed by atoms with Crippen molar-refractivity contribution in [3.05, 3.63) is 37.9 Å².